The third-order valence-electron chi connectivity index (χ3n) is 2.41. The first kappa shape index (κ1) is 10.4. The number of hydrogen-bond donors (Lipinski definition) is 2. The molecule has 15 heavy (non-hydrogen) atoms. The summed E-state index contributed by atoms with van der Waals surface area (Å²) >= 11 is 5.81. The monoisotopic (exact) mass is 230 g/mol. The van der Waals surface area contributed by atoms with Crippen LogP contribution in [0.4, 0.5) is 15.8 Å². The Labute approximate surface area is 92.1 Å². The van der Waals surface area contributed by atoms with Crippen LogP contribution in [0, 0.1) is 11.7 Å². The number of hydrogen-bond acceptors (Lipinski definition) is 3. The Bertz CT molecular complexity index is 393. The minimum Gasteiger partial charge on any atom is -0.489 e. The van der Waals surface area contributed by atoms with Crippen molar-refractivity contribution in [1.29, 1.82) is 0 Å². The largest absolute Gasteiger partial charge is 0.489 e. The second-order valence-corrected chi connectivity index (χ2v) is 4.17. The molecule has 0 saturated heterocycles. The van der Waals surface area contributed by atoms with E-state index < -0.39 is 5.82 Å². The number of benzene rings is 1. The maximum atomic E-state index is 13.6. The normalized spacial score (nSPS) is 15.3. The van der Waals surface area contributed by atoms with Crippen molar-refractivity contribution in [2.24, 2.45) is 5.92 Å². The van der Waals surface area contributed by atoms with Gasteiger partial charge in [0.1, 0.15) is 0 Å². The molecule has 0 radical (unpaired) electrons. The first-order valence-electron chi connectivity index (χ1n) is 4.75. The van der Waals surface area contributed by atoms with Gasteiger partial charge in [-0.05, 0) is 24.8 Å². The summed E-state index contributed by atoms with van der Waals surface area (Å²) in [5, 5.41) is 0.167. The third-order valence-corrected chi connectivity index (χ3v) is 2.69. The van der Waals surface area contributed by atoms with E-state index >= 15 is 0 Å². The van der Waals surface area contributed by atoms with Crippen LogP contribution in [0.25, 0.3) is 0 Å². The Hall–Kier alpha value is -1.16. The highest BCUT2D eigenvalue weighted by atomic mass is 35.5. The molecule has 1 aromatic carbocycles. The zero-order valence-corrected chi connectivity index (χ0v) is 8.85. The highest BCUT2D eigenvalue weighted by Gasteiger charge is 2.24. The van der Waals surface area contributed by atoms with Crippen molar-refractivity contribution >= 4 is 23.0 Å². The molecular weight excluding hydrogens is 219 g/mol. The molecule has 0 bridgehead atoms. The van der Waals surface area contributed by atoms with Crippen LogP contribution in [-0.2, 0) is 0 Å². The lowest BCUT2D eigenvalue weighted by Crippen LogP contribution is -2.05. The lowest BCUT2D eigenvalue weighted by molar-refractivity contribution is 0.286. The molecule has 0 spiro atoms. The van der Waals surface area contributed by atoms with Gasteiger partial charge >= 0.3 is 0 Å². The van der Waals surface area contributed by atoms with Crippen LogP contribution < -0.4 is 16.2 Å². The molecule has 0 heterocycles. The second-order valence-electron chi connectivity index (χ2n) is 3.76. The van der Waals surface area contributed by atoms with Crippen LogP contribution in [-0.4, -0.2) is 6.61 Å². The van der Waals surface area contributed by atoms with E-state index in [0.29, 0.717) is 12.5 Å². The number of ether oxygens (including phenoxy) is 1. The molecule has 1 saturated carbocycles. The number of rotatable bonds is 3. The Balaban J connectivity index is 2.23. The van der Waals surface area contributed by atoms with Gasteiger partial charge in [-0.2, -0.15) is 0 Å². The topological polar surface area (TPSA) is 61.3 Å². The summed E-state index contributed by atoms with van der Waals surface area (Å²) in [6.07, 6.45) is 2.26. The molecule has 1 aliphatic carbocycles. The zero-order valence-electron chi connectivity index (χ0n) is 8.09. The average Bonchev–Trinajstić information content (AvgIpc) is 2.98. The van der Waals surface area contributed by atoms with Crippen molar-refractivity contribution in [3.05, 3.63) is 16.9 Å². The minimum absolute atomic E-state index is 0.00951. The lowest BCUT2D eigenvalue weighted by Gasteiger charge is -2.11. The predicted molar refractivity (Wildman–Crippen MR) is 58.5 cm³/mol. The van der Waals surface area contributed by atoms with E-state index in [9.17, 15) is 4.39 Å². The van der Waals surface area contributed by atoms with Crippen molar-refractivity contribution < 1.29 is 9.13 Å². The molecule has 0 unspecified atom stereocenters. The van der Waals surface area contributed by atoms with Crippen molar-refractivity contribution in [1.82, 2.24) is 0 Å². The van der Waals surface area contributed by atoms with E-state index in [4.69, 9.17) is 27.8 Å². The molecule has 3 nitrogen and oxygen atoms in total. The van der Waals surface area contributed by atoms with E-state index in [2.05, 4.69) is 0 Å². The first-order valence-corrected chi connectivity index (χ1v) is 5.13. The lowest BCUT2D eigenvalue weighted by atomic mass is 10.2. The number of nitrogens with two attached hydrogens (primary N) is 2. The Kier molecular flexibility index (Phi) is 2.61. The van der Waals surface area contributed by atoms with Crippen LogP contribution in [0.1, 0.15) is 12.8 Å². The minimum atomic E-state index is -0.666. The Morgan fingerprint density at radius 3 is 2.73 bits per heavy atom. The molecule has 2 rings (SSSR count). The highest BCUT2D eigenvalue weighted by molar-refractivity contribution is 6.32. The highest BCUT2D eigenvalue weighted by Crippen LogP contribution is 2.37. The first-order chi connectivity index (χ1) is 7.09. The summed E-state index contributed by atoms with van der Waals surface area (Å²) in [6, 6.07) is 1.40. The van der Waals surface area contributed by atoms with E-state index in [1.807, 2.05) is 0 Å². The molecular formula is C10H12ClFN2O. The van der Waals surface area contributed by atoms with Crippen LogP contribution in [0.3, 0.4) is 0 Å². The standard InChI is InChI=1S/C10H12ClFN2O/c11-6-3-7(13)9(14)8(12)10(6)15-4-5-1-2-5/h3,5H,1-2,4,13-14H2. The van der Waals surface area contributed by atoms with Gasteiger partial charge in [-0.3, -0.25) is 0 Å². The maximum Gasteiger partial charge on any atom is 0.191 e. The van der Waals surface area contributed by atoms with Gasteiger partial charge in [0.2, 0.25) is 0 Å². The SMILES string of the molecule is Nc1cc(Cl)c(OCC2CC2)c(F)c1N. The van der Waals surface area contributed by atoms with Gasteiger partial charge < -0.3 is 16.2 Å². The summed E-state index contributed by atoms with van der Waals surface area (Å²) in [5.41, 5.74) is 10.9. The fourth-order valence-electron chi connectivity index (χ4n) is 1.25. The molecule has 1 aliphatic rings. The van der Waals surface area contributed by atoms with Crippen LogP contribution >= 0.6 is 11.6 Å². The molecule has 0 aromatic heterocycles. The Morgan fingerprint density at radius 1 is 1.47 bits per heavy atom. The number of nitrogen functional groups attached to an aromatic ring is 2. The van der Waals surface area contributed by atoms with Gasteiger partial charge in [0.15, 0.2) is 11.6 Å². The molecule has 4 N–H and O–H groups in total. The van der Waals surface area contributed by atoms with Crippen LogP contribution in [0.15, 0.2) is 6.07 Å². The summed E-state index contributed by atoms with van der Waals surface area (Å²) in [5.74, 6) is -0.129. The fourth-order valence-corrected chi connectivity index (χ4v) is 1.51. The van der Waals surface area contributed by atoms with E-state index in [-0.39, 0.29) is 22.1 Å². The summed E-state index contributed by atoms with van der Waals surface area (Å²) in [7, 11) is 0. The molecule has 0 amide bonds. The molecule has 1 fully saturated rings. The van der Waals surface area contributed by atoms with Gasteiger partial charge in [0.25, 0.3) is 0 Å². The Morgan fingerprint density at radius 2 is 2.13 bits per heavy atom. The van der Waals surface area contributed by atoms with Crippen molar-refractivity contribution in [2.45, 2.75) is 12.8 Å². The molecule has 1 aromatic rings. The van der Waals surface area contributed by atoms with E-state index in [0.717, 1.165) is 12.8 Å². The van der Waals surface area contributed by atoms with Gasteiger partial charge in [0.05, 0.1) is 23.0 Å². The van der Waals surface area contributed by atoms with Gasteiger partial charge in [-0.25, -0.2) is 4.39 Å². The smallest absolute Gasteiger partial charge is 0.191 e. The third kappa shape index (κ3) is 2.09. The van der Waals surface area contributed by atoms with E-state index in [1.165, 1.54) is 6.07 Å². The fraction of sp³-hybridized carbons (Fsp3) is 0.400. The van der Waals surface area contributed by atoms with Crippen LogP contribution in [0.5, 0.6) is 5.75 Å². The predicted octanol–water partition coefficient (Wildman–Crippen LogP) is 2.43. The van der Waals surface area contributed by atoms with Crippen molar-refractivity contribution in [2.75, 3.05) is 18.1 Å². The van der Waals surface area contributed by atoms with Crippen LogP contribution in [0.2, 0.25) is 5.02 Å². The number of halogens is 2. The quantitative estimate of drug-likeness (QED) is 0.784. The van der Waals surface area contributed by atoms with Gasteiger partial charge in [0, 0.05) is 0 Å². The van der Waals surface area contributed by atoms with Gasteiger partial charge in [-0.15, -0.1) is 0 Å². The molecule has 5 heteroatoms. The summed E-state index contributed by atoms with van der Waals surface area (Å²) < 4.78 is 18.9. The molecule has 0 aliphatic heterocycles. The molecule has 0 atom stereocenters. The summed E-state index contributed by atoms with van der Waals surface area (Å²) in [4.78, 5) is 0. The van der Waals surface area contributed by atoms with Crippen molar-refractivity contribution in [3.63, 3.8) is 0 Å². The second kappa shape index (κ2) is 3.77. The van der Waals surface area contributed by atoms with Gasteiger partial charge in [-0.1, -0.05) is 11.6 Å². The zero-order chi connectivity index (χ0) is 11.0. The van der Waals surface area contributed by atoms with E-state index in [1.54, 1.807) is 0 Å². The van der Waals surface area contributed by atoms with Crippen molar-refractivity contribution in [3.8, 4) is 5.75 Å². The number of anilines is 2. The summed E-state index contributed by atoms with van der Waals surface area (Å²) in [6.45, 7) is 0.486. The average molecular weight is 231 g/mol. The maximum absolute atomic E-state index is 13.6. The molecule has 82 valence electrons.